The van der Waals surface area contributed by atoms with E-state index in [0.29, 0.717) is 0 Å². The normalized spacial score (nSPS) is 10.7. The quantitative estimate of drug-likeness (QED) is 0.467. The lowest BCUT2D eigenvalue weighted by Crippen LogP contribution is -2.01. The van der Waals surface area contributed by atoms with Gasteiger partial charge in [0.1, 0.15) is 5.75 Å². The number of thioether (sulfide) groups is 1. The van der Waals surface area contributed by atoms with Gasteiger partial charge in [-0.25, -0.2) is 0 Å². The molecule has 0 aliphatic heterocycles. The maximum atomic E-state index is 5.52. The number of benzene rings is 2. The van der Waals surface area contributed by atoms with Crippen molar-refractivity contribution in [2.24, 2.45) is 0 Å². The molecule has 0 N–H and O–H groups in total. The van der Waals surface area contributed by atoms with Crippen molar-refractivity contribution in [3.8, 4) is 22.8 Å². The Kier molecular flexibility index (Phi) is 5.24. The minimum atomic E-state index is 0.769. The molecular formula is C20H21N3OS. The first-order valence-corrected chi connectivity index (χ1v) is 9.01. The first-order valence-electron chi connectivity index (χ1n) is 8.03. The summed E-state index contributed by atoms with van der Waals surface area (Å²) in [6.07, 6.45) is 0. The summed E-state index contributed by atoms with van der Waals surface area (Å²) in [7, 11) is 1.67. The molecule has 0 saturated carbocycles. The van der Waals surface area contributed by atoms with Gasteiger partial charge >= 0.3 is 0 Å². The Balaban J connectivity index is 2.15. The van der Waals surface area contributed by atoms with Gasteiger partial charge in [-0.2, -0.15) is 0 Å². The summed E-state index contributed by atoms with van der Waals surface area (Å²) in [5.41, 5.74) is 4.26. The highest BCUT2D eigenvalue weighted by molar-refractivity contribution is 7.99. The number of para-hydroxylation sites is 1. The Morgan fingerprint density at radius 2 is 1.84 bits per heavy atom. The molecule has 1 aromatic heterocycles. The van der Waals surface area contributed by atoms with E-state index >= 15 is 0 Å². The Morgan fingerprint density at radius 3 is 2.52 bits per heavy atom. The minimum absolute atomic E-state index is 0.769. The number of methoxy groups -OCH3 is 1. The van der Waals surface area contributed by atoms with E-state index in [1.54, 1.807) is 18.9 Å². The van der Waals surface area contributed by atoms with Crippen molar-refractivity contribution in [1.29, 1.82) is 0 Å². The van der Waals surface area contributed by atoms with Gasteiger partial charge < -0.3 is 4.74 Å². The second kappa shape index (κ2) is 7.57. The summed E-state index contributed by atoms with van der Waals surface area (Å²) in [6.45, 7) is 8.07. The third-order valence-electron chi connectivity index (χ3n) is 3.72. The number of nitrogens with zero attached hydrogens (tertiary/aromatic N) is 3. The molecule has 4 nitrogen and oxygen atoms in total. The smallest absolute Gasteiger partial charge is 0.196 e. The molecule has 0 aliphatic carbocycles. The van der Waals surface area contributed by atoms with Crippen molar-refractivity contribution in [3.63, 3.8) is 0 Å². The van der Waals surface area contributed by atoms with Crippen LogP contribution in [0, 0.1) is 6.92 Å². The van der Waals surface area contributed by atoms with Crippen LogP contribution in [0.4, 0.5) is 0 Å². The van der Waals surface area contributed by atoms with Crippen LogP contribution in [0.3, 0.4) is 0 Å². The first-order chi connectivity index (χ1) is 12.1. The van der Waals surface area contributed by atoms with Crippen molar-refractivity contribution in [3.05, 3.63) is 66.2 Å². The summed E-state index contributed by atoms with van der Waals surface area (Å²) < 4.78 is 7.59. The molecule has 0 fully saturated rings. The van der Waals surface area contributed by atoms with Crippen molar-refractivity contribution in [2.75, 3.05) is 12.9 Å². The molecule has 3 rings (SSSR count). The molecule has 0 unspecified atom stereocenters. The van der Waals surface area contributed by atoms with Crippen LogP contribution in [-0.2, 0) is 0 Å². The third-order valence-corrected chi connectivity index (χ3v) is 4.88. The maximum absolute atomic E-state index is 5.52. The van der Waals surface area contributed by atoms with E-state index in [0.717, 1.165) is 39.3 Å². The van der Waals surface area contributed by atoms with Crippen molar-refractivity contribution in [2.45, 2.75) is 19.0 Å². The molecule has 1 heterocycles. The van der Waals surface area contributed by atoms with Gasteiger partial charge in [-0.3, -0.25) is 4.57 Å². The highest BCUT2D eigenvalue weighted by Crippen LogP contribution is 2.33. The summed E-state index contributed by atoms with van der Waals surface area (Å²) >= 11 is 1.63. The number of ether oxygens (including phenoxy) is 1. The zero-order valence-corrected chi connectivity index (χ0v) is 15.5. The van der Waals surface area contributed by atoms with Gasteiger partial charge in [0.25, 0.3) is 0 Å². The van der Waals surface area contributed by atoms with Crippen molar-refractivity contribution in [1.82, 2.24) is 14.8 Å². The van der Waals surface area contributed by atoms with Crippen molar-refractivity contribution < 1.29 is 4.74 Å². The number of aromatic nitrogens is 3. The Bertz CT molecular complexity index is 884. The lowest BCUT2D eigenvalue weighted by molar-refractivity contribution is 0.416. The van der Waals surface area contributed by atoms with Crippen LogP contribution in [0.1, 0.15) is 12.5 Å². The average Bonchev–Trinajstić information content (AvgIpc) is 3.04. The van der Waals surface area contributed by atoms with Gasteiger partial charge in [0.05, 0.1) is 12.7 Å². The molecule has 0 amide bonds. The van der Waals surface area contributed by atoms with E-state index in [1.807, 2.05) is 31.2 Å². The molecule has 25 heavy (non-hydrogen) atoms. The topological polar surface area (TPSA) is 39.9 Å². The molecule has 0 spiro atoms. The largest absolute Gasteiger partial charge is 0.496 e. The Hall–Kier alpha value is -2.53. The fourth-order valence-electron chi connectivity index (χ4n) is 2.48. The van der Waals surface area contributed by atoms with Gasteiger partial charge in [0.15, 0.2) is 11.0 Å². The summed E-state index contributed by atoms with van der Waals surface area (Å²) in [5.74, 6) is 2.35. The highest BCUT2D eigenvalue weighted by atomic mass is 32.2. The van der Waals surface area contributed by atoms with Crippen LogP contribution in [0.25, 0.3) is 17.1 Å². The molecule has 0 aliphatic rings. The van der Waals surface area contributed by atoms with Gasteiger partial charge in [-0.1, -0.05) is 53.7 Å². The third kappa shape index (κ3) is 3.77. The number of hydrogen-bond acceptors (Lipinski definition) is 4. The second-order valence-electron chi connectivity index (χ2n) is 5.92. The van der Waals surface area contributed by atoms with Gasteiger partial charge in [-0.05, 0) is 38.1 Å². The lowest BCUT2D eigenvalue weighted by Gasteiger charge is -2.12. The fraction of sp³-hybridized carbons (Fsp3) is 0.200. The van der Waals surface area contributed by atoms with Crippen LogP contribution in [-0.4, -0.2) is 27.6 Å². The van der Waals surface area contributed by atoms with E-state index in [4.69, 9.17) is 4.74 Å². The minimum Gasteiger partial charge on any atom is -0.496 e. The van der Waals surface area contributed by atoms with E-state index in [9.17, 15) is 0 Å². The van der Waals surface area contributed by atoms with E-state index in [1.165, 1.54) is 5.56 Å². The predicted molar refractivity (Wildman–Crippen MR) is 104 cm³/mol. The molecule has 2 aromatic carbocycles. The van der Waals surface area contributed by atoms with Crippen LogP contribution in [0.2, 0.25) is 0 Å². The molecule has 0 bridgehead atoms. The van der Waals surface area contributed by atoms with Crippen molar-refractivity contribution >= 4 is 11.8 Å². The van der Waals surface area contributed by atoms with Crippen LogP contribution >= 0.6 is 11.8 Å². The zero-order valence-electron chi connectivity index (χ0n) is 14.7. The van der Waals surface area contributed by atoms with Crippen LogP contribution in [0.15, 0.2) is 65.8 Å². The molecular weight excluding hydrogens is 330 g/mol. The average molecular weight is 351 g/mol. The first kappa shape index (κ1) is 17.3. The number of aryl methyl sites for hydroxylation is 1. The second-order valence-corrected chi connectivity index (χ2v) is 6.87. The maximum Gasteiger partial charge on any atom is 0.196 e. The molecule has 5 heteroatoms. The molecule has 3 aromatic rings. The number of rotatable bonds is 6. The molecule has 0 saturated heterocycles. The van der Waals surface area contributed by atoms with Crippen LogP contribution in [0.5, 0.6) is 5.75 Å². The molecule has 0 atom stereocenters. The Morgan fingerprint density at radius 1 is 1.12 bits per heavy atom. The van der Waals surface area contributed by atoms with Gasteiger partial charge in [0.2, 0.25) is 0 Å². The summed E-state index contributed by atoms with van der Waals surface area (Å²) in [5, 5.41) is 9.71. The van der Waals surface area contributed by atoms with Crippen LogP contribution < -0.4 is 4.74 Å². The lowest BCUT2D eigenvalue weighted by atomic mass is 10.1. The zero-order chi connectivity index (χ0) is 17.8. The van der Waals surface area contributed by atoms with Gasteiger partial charge in [0, 0.05) is 11.4 Å². The standard InChI is InChI=1S/C20H21N3OS/c1-14(2)13-25-20-22-21-19(17-7-5-6-8-18(17)24-4)23(20)16-11-9-15(3)10-12-16/h5-12H,1,13H2,2-4H3. The van der Waals surface area contributed by atoms with E-state index in [-0.39, 0.29) is 0 Å². The van der Waals surface area contributed by atoms with E-state index < -0.39 is 0 Å². The summed E-state index contributed by atoms with van der Waals surface area (Å²) in [6, 6.07) is 16.2. The SMILES string of the molecule is C=C(C)CSc1nnc(-c2ccccc2OC)n1-c1ccc(C)cc1. The monoisotopic (exact) mass is 351 g/mol. The highest BCUT2D eigenvalue weighted by Gasteiger charge is 2.18. The molecule has 128 valence electrons. The summed E-state index contributed by atoms with van der Waals surface area (Å²) in [4.78, 5) is 0. The fourth-order valence-corrected chi connectivity index (χ4v) is 3.28. The van der Waals surface area contributed by atoms with Gasteiger partial charge in [-0.15, -0.1) is 10.2 Å². The number of hydrogen-bond donors (Lipinski definition) is 0. The predicted octanol–water partition coefficient (Wildman–Crippen LogP) is 4.92. The van der Waals surface area contributed by atoms with E-state index in [2.05, 4.69) is 52.5 Å². The Labute approximate surface area is 152 Å². The molecule has 0 radical (unpaired) electrons.